The first kappa shape index (κ1) is 32.7. The fraction of sp³-hybridized carbons (Fsp3) is 0.442. The molecular formula is C43H48O5. The van der Waals surface area contributed by atoms with Crippen molar-refractivity contribution in [2.24, 2.45) is 34.5 Å². The summed E-state index contributed by atoms with van der Waals surface area (Å²) in [5.74, 6) is 0.802. The summed E-state index contributed by atoms with van der Waals surface area (Å²) in [6.07, 6.45) is 8.98. The molecule has 4 aliphatic carbocycles. The number of esters is 1. The molecule has 0 saturated heterocycles. The average molecular weight is 645 g/mol. The maximum Gasteiger partial charge on any atom is 0.306 e. The van der Waals surface area contributed by atoms with Gasteiger partial charge in [-0.2, -0.15) is 0 Å². The Morgan fingerprint density at radius 3 is 2.08 bits per heavy atom. The van der Waals surface area contributed by atoms with E-state index >= 15 is 0 Å². The summed E-state index contributed by atoms with van der Waals surface area (Å²) in [7, 11) is 0. The molecule has 7 rings (SSSR count). The van der Waals surface area contributed by atoms with Gasteiger partial charge in [0.15, 0.2) is 5.78 Å². The van der Waals surface area contributed by atoms with Gasteiger partial charge in [-0.25, -0.2) is 0 Å². The van der Waals surface area contributed by atoms with Crippen molar-refractivity contribution in [1.29, 1.82) is 0 Å². The highest BCUT2D eigenvalue weighted by Gasteiger charge is 2.64. The highest BCUT2D eigenvalue weighted by atomic mass is 16.5. The van der Waals surface area contributed by atoms with E-state index in [0.29, 0.717) is 31.3 Å². The van der Waals surface area contributed by atoms with E-state index in [-0.39, 0.29) is 46.9 Å². The van der Waals surface area contributed by atoms with Gasteiger partial charge in [0, 0.05) is 29.8 Å². The van der Waals surface area contributed by atoms with Gasteiger partial charge in [-0.1, -0.05) is 123 Å². The Morgan fingerprint density at radius 1 is 0.917 bits per heavy atom. The molecule has 48 heavy (non-hydrogen) atoms. The molecule has 0 aliphatic heterocycles. The largest absolute Gasteiger partial charge is 0.461 e. The molecule has 0 bridgehead atoms. The van der Waals surface area contributed by atoms with Crippen LogP contribution in [-0.4, -0.2) is 35.7 Å². The first-order chi connectivity index (χ1) is 23.2. The zero-order chi connectivity index (χ0) is 33.5. The molecule has 0 spiro atoms. The van der Waals surface area contributed by atoms with E-state index in [0.717, 1.165) is 41.5 Å². The van der Waals surface area contributed by atoms with Crippen LogP contribution in [0.1, 0.15) is 76.0 Å². The van der Waals surface area contributed by atoms with E-state index in [1.54, 1.807) is 12.2 Å². The van der Waals surface area contributed by atoms with Crippen molar-refractivity contribution in [3.8, 4) is 0 Å². The monoisotopic (exact) mass is 644 g/mol. The van der Waals surface area contributed by atoms with Crippen LogP contribution < -0.4 is 0 Å². The number of carbonyl (C=O) groups excluding carboxylic acids is 2. The van der Waals surface area contributed by atoms with Crippen molar-refractivity contribution in [3.63, 3.8) is 0 Å². The van der Waals surface area contributed by atoms with E-state index in [4.69, 9.17) is 9.47 Å². The minimum atomic E-state index is -0.824. The number of ether oxygens (including phenoxy) is 2. The smallest absolute Gasteiger partial charge is 0.306 e. The van der Waals surface area contributed by atoms with Crippen molar-refractivity contribution in [2.45, 2.75) is 77.1 Å². The Morgan fingerprint density at radius 2 is 1.50 bits per heavy atom. The predicted octanol–water partition coefficient (Wildman–Crippen LogP) is 8.21. The van der Waals surface area contributed by atoms with Crippen LogP contribution in [0, 0.1) is 34.5 Å². The molecule has 8 atom stereocenters. The first-order valence-corrected chi connectivity index (χ1v) is 17.8. The van der Waals surface area contributed by atoms with Crippen LogP contribution in [0.5, 0.6) is 0 Å². The van der Waals surface area contributed by atoms with Crippen LogP contribution >= 0.6 is 0 Å². The van der Waals surface area contributed by atoms with Crippen LogP contribution in [0.3, 0.4) is 0 Å². The van der Waals surface area contributed by atoms with E-state index in [2.05, 4.69) is 57.2 Å². The molecule has 0 radical (unpaired) electrons. The van der Waals surface area contributed by atoms with Gasteiger partial charge in [0.2, 0.25) is 0 Å². The maximum absolute atomic E-state index is 13.5. The third-order valence-electron chi connectivity index (χ3n) is 12.4. The second-order valence-electron chi connectivity index (χ2n) is 15.2. The lowest BCUT2D eigenvalue weighted by Crippen LogP contribution is -2.57. The van der Waals surface area contributed by atoms with Crippen LogP contribution in [0.15, 0.2) is 115 Å². The number of rotatable bonds is 9. The summed E-state index contributed by atoms with van der Waals surface area (Å²) >= 11 is 0. The fourth-order valence-corrected chi connectivity index (χ4v) is 10.3. The van der Waals surface area contributed by atoms with Crippen LogP contribution in [0.25, 0.3) is 0 Å². The predicted molar refractivity (Wildman–Crippen MR) is 187 cm³/mol. The zero-order valence-corrected chi connectivity index (χ0v) is 28.4. The molecule has 5 heteroatoms. The van der Waals surface area contributed by atoms with Gasteiger partial charge in [0.25, 0.3) is 0 Å². The molecule has 3 saturated carbocycles. The Balaban J connectivity index is 1.05. The zero-order valence-electron chi connectivity index (χ0n) is 28.4. The summed E-state index contributed by atoms with van der Waals surface area (Å²) in [6.45, 7) is 7.02. The van der Waals surface area contributed by atoms with Crippen LogP contribution in [-0.2, 0) is 24.7 Å². The first-order valence-electron chi connectivity index (χ1n) is 17.8. The van der Waals surface area contributed by atoms with E-state index < -0.39 is 11.7 Å². The SMILES string of the molecule is CC1CC2C3CCC4=CC(=O)C=CC4(C)C3C(O)CC2(C)C1OC(=O)CCCOC(c1ccccc1)(c1ccccc1)c1ccccc1. The standard InChI is InChI=1S/C43H48O5/c1-29-26-36-35-22-21-33-27-34(44)23-24-41(33,2)39(35)37(45)28-42(36,3)40(29)48-38(46)20-13-25-47-43(30-14-7-4-8-15-30,31-16-9-5-10-17-31)32-18-11-6-12-19-32/h4-12,14-19,23-24,27,29,35-37,39-40,45H,13,20-22,25-26,28H2,1-3H3. The molecule has 1 N–H and O–H groups in total. The number of allylic oxidation sites excluding steroid dienone is 4. The Bertz CT molecular complexity index is 1580. The second-order valence-corrected chi connectivity index (χ2v) is 15.2. The van der Waals surface area contributed by atoms with E-state index in [1.807, 2.05) is 60.7 Å². The lowest BCUT2D eigenvalue weighted by atomic mass is 9.47. The van der Waals surface area contributed by atoms with Crippen molar-refractivity contribution in [3.05, 3.63) is 131 Å². The number of aliphatic hydroxyl groups is 1. The molecule has 250 valence electrons. The van der Waals surface area contributed by atoms with Crippen LogP contribution in [0.2, 0.25) is 0 Å². The van der Waals surface area contributed by atoms with Gasteiger partial charge >= 0.3 is 5.97 Å². The van der Waals surface area contributed by atoms with Crippen molar-refractivity contribution in [2.75, 3.05) is 6.61 Å². The van der Waals surface area contributed by atoms with Crippen molar-refractivity contribution >= 4 is 11.8 Å². The van der Waals surface area contributed by atoms with Gasteiger partial charge < -0.3 is 14.6 Å². The highest BCUT2D eigenvalue weighted by Crippen LogP contribution is 2.66. The fourth-order valence-electron chi connectivity index (χ4n) is 10.3. The van der Waals surface area contributed by atoms with Gasteiger partial charge in [0.05, 0.1) is 6.10 Å². The summed E-state index contributed by atoms with van der Waals surface area (Å²) in [5, 5.41) is 11.8. The number of aliphatic hydroxyl groups excluding tert-OH is 1. The molecule has 0 amide bonds. The van der Waals surface area contributed by atoms with Crippen molar-refractivity contribution < 1.29 is 24.2 Å². The van der Waals surface area contributed by atoms with Gasteiger partial charge in [-0.15, -0.1) is 0 Å². The topological polar surface area (TPSA) is 72.8 Å². The lowest BCUT2D eigenvalue weighted by molar-refractivity contribution is -0.171. The number of fused-ring (bicyclic) bond motifs is 5. The van der Waals surface area contributed by atoms with Crippen LogP contribution in [0.4, 0.5) is 0 Å². The molecule has 0 heterocycles. The number of benzene rings is 3. The molecular weight excluding hydrogens is 596 g/mol. The molecule has 8 unspecified atom stereocenters. The Hall–Kier alpha value is -3.80. The molecule has 3 fully saturated rings. The van der Waals surface area contributed by atoms with Gasteiger partial charge in [-0.05, 0) is 78.7 Å². The normalized spacial score (nSPS) is 32.5. The van der Waals surface area contributed by atoms with E-state index in [1.165, 1.54) is 0 Å². The van der Waals surface area contributed by atoms with E-state index in [9.17, 15) is 14.7 Å². The summed E-state index contributed by atoms with van der Waals surface area (Å²) in [5.41, 5.74) is 2.85. The van der Waals surface area contributed by atoms with Gasteiger partial charge in [0.1, 0.15) is 11.7 Å². The average Bonchev–Trinajstić information content (AvgIpc) is 3.34. The number of hydrogen-bond acceptors (Lipinski definition) is 5. The molecule has 5 nitrogen and oxygen atoms in total. The lowest BCUT2D eigenvalue weighted by Gasteiger charge is -2.58. The number of carbonyl (C=O) groups is 2. The quantitative estimate of drug-likeness (QED) is 0.144. The maximum atomic E-state index is 13.5. The summed E-state index contributed by atoms with van der Waals surface area (Å²) in [6, 6.07) is 30.9. The Labute approximate surface area is 285 Å². The summed E-state index contributed by atoms with van der Waals surface area (Å²) in [4.78, 5) is 25.7. The Kier molecular flexibility index (Phi) is 8.80. The molecule has 4 aliphatic rings. The highest BCUT2D eigenvalue weighted by molar-refractivity contribution is 6.01. The molecule has 0 aromatic heterocycles. The minimum absolute atomic E-state index is 0.0498. The minimum Gasteiger partial charge on any atom is -0.461 e. The third-order valence-corrected chi connectivity index (χ3v) is 12.4. The third kappa shape index (κ3) is 5.49. The number of ketones is 1. The molecule has 3 aromatic rings. The van der Waals surface area contributed by atoms with Gasteiger partial charge in [-0.3, -0.25) is 9.59 Å². The second kappa shape index (κ2) is 12.9. The molecule has 3 aromatic carbocycles. The van der Waals surface area contributed by atoms with Crippen molar-refractivity contribution in [1.82, 2.24) is 0 Å². The summed E-state index contributed by atoms with van der Waals surface area (Å²) < 4.78 is 13.3. The number of hydrogen-bond donors (Lipinski definition) is 1.